The summed E-state index contributed by atoms with van der Waals surface area (Å²) in [5, 5.41) is 3.84. The zero-order valence-corrected chi connectivity index (χ0v) is 17.7. The first-order valence-electron chi connectivity index (χ1n) is 9.90. The lowest BCUT2D eigenvalue weighted by molar-refractivity contribution is 0.00900. The van der Waals surface area contributed by atoms with Crippen molar-refractivity contribution in [3.63, 3.8) is 0 Å². The van der Waals surface area contributed by atoms with Gasteiger partial charge in [0.05, 0.1) is 0 Å². The number of hydrogen-bond acceptors (Lipinski definition) is 1. The van der Waals surface area contributed by atoms with Crippen molar-refractivity contribution in [2.24, 2.45) is 11.8 Å². The molecule has 4 saturated carbocycles. The lowest BCUT2D eigenvalue weighted by Gasteiger charge is -2.60. The zero-order valence-electron chi connectivity index (χ0n) is 15.5. The van der Waals surface area contributed by atoms with Crippen molar-refractivity contribution in [2.75, 3.05) is 5.32 Å². The van der Waals surface area contributed by atoms with Crippen LogP contribution < -0.4 is 5.32 Å². The number of nitrogens with one attached hydrogen (secondary N) is 1. The Morgan fingerprint density at radius 2 is 1.54 bits per heavy atom. The van der Waals surface area contributed by atoms with Crippen LogP contribution in [0.5, 0.6) is 0 Å². The van der Waals surface area contributed by atoms with E-state index in [1.54, 1.807) is 18.2 Å². The smallest absolute Gasteiger partial charge is 0.255 e. The molecule has 5 heteroatoms. The molecule has 6 rings (SSSR count). The predicted octanol–water partition coefficient (Wildman–Crippen LogP) is 7.07. The summed E-state index contributed by atoms with van der Waals surface area (Å²) >= 11 is 19.0. The molecule has 4 bridgehead atoms. The van der Waals surface area contributed by atoms with Gasteiger partial charge in [-0.15, -0.1) is 11.6 Å². The van der Waals surface area contributed by atoms with Gasteiger partial charge in [0, 0.05) is 26.2 Å². The molecule has 0 aromatic heterocycles. The van der Waals surface area contributed by atoms with E-state index in [0.717, 1.165) is 23.9 Å². The summed E-state index contributed by atoms with van der Waals surface area (Å²) in [6.45, 7) is 0. The van der Waals surface area contributed by atoms with Crippen LogP contribution in [0.25, 0.3) is 0 Å². The fourth-order valence-electron chi connectivity index (χ4n) is 6.28. The van der Waals surface area contributed by atoms with E-state index in [4.69, 9.17) is 34.8 Å². The number of halogens is 3. The van der Waals surface area contributed by atoms with Crippen LogP contribution in [0.1, 0.15) is 54.4 Å². The van der Waals surface area contributed by atoms with Gasteiger partial charge in [0.25, 0.3) is 5.91 Å². The maximum Gasteiger partial charge on any atom is 0.255 e. The first kappa shape index (κ1) is 18.8. The number of amides is 1. The van der Waals surface area contributed by atoms with Crippen molar-refractivity contribution in [1.82, 2.24) is 0 Å². The standard InChI is InChI=1S/C23H22Cl3NO/c24-18-6-16(7-19(25)8-18)21(28)27-20-3-1-17(2-4-20)22-9-14-5-15(10-22)12-23(26,11-14)13-22/h1-4,6-8,14-15H,5,9-13H2,(H,27,28)/t14-,15-,22?,23?/m0/s1. The van der Waals surface area contributed by atoms with Gasteiger partial charge in [0.1, 0.15) is 0 Å². The summed E-state index contributed by atoms with van der Waals surface area (Å²) in [4.78, 5) is 12.5. The highest BCUT2D eigenvalue weighted by atomic mass is 35.5. The van der Waals surface area contributed by atoms with Gasteiger partial charge in [0.2, 0.25) is 0 Å². The summed E-state index contributed by atoms with van der Waals surface area (Å²) in [6, 6.07) is 13.2. The third-order valence-corrected chi connectivity index (χ3v) is 7.75. The van der Waals surface area contributed by atoms with Crippen LogP contribution >= 0.6 is 34.8 Å². The van der Waals surface area contributed by atoms with E-state index >= 15 is 0 Å². The van der Waals surface area contributed by atoms with Gasteiger partial charge in [-0.25, -0.2) is 0 Å². The van der Waals surface area contributed by atoms with Crippen molar-refractivity contribution in [2.45, 2.75) is 48.8 Å². The van der Waals surface area contributed by atoms with Crippen LogP contribution in [0.15, 0.2) is 42.5 Å². The average Bonchev–Trinajstić information content (AvgIpc) is 2.59. The second-order valence-corrected chi connectivity index (χ2v) is 10.8. The fraction of sp³-hybridized carbons (Fsp3) is 0.435. The van der Waals surface area contributed by atoms with Gasteiger partial charge < -0.3 is 5.32 Å². The molecule has 2 aromatic carbocycles. The van der Waals surface area contributed by atoms with Crippen molar-refractivity contribution in [1.29, 1.82) is 0 Å². The van der Waals surface area contributed by atoms with Gasteiger partial charge in [0.15, 0.2) is 0 Å². The molecule has 0 spiro atoms. The van der Waals surface area contributed by atoms with Crippen molar-refractivity contribution >= 4 is 46.4 Å². The average molecular weight is 435 g/mol. The van der Waals surface area contributed by atoms with Crippen LogP contribution in [-0.2, 0) is 5.41 Å². The third kappa shape index (κ3) is 3.34. The molecule has 146 valence electrons. The molecule has 0 saturated heterocycles. The van der Waals surface area contributed by atoms with E-state index in [2.05, 4.69) is 17.4 Å². The van der Waals surface area contributed by atoms with E-state index in [1.807, 2.05) is 12.1 Å². The highest BCUT2D eigenvalue weighted by molar-refractivity contribution is 6.35. The molecule has 2 nitrogen and oxygen atoms in total. The summed E-state index contributed by atoms with van der Waals surface area (Å²) in [6.07, 6.45) is 7.31. The molecule has 4 fully saturated rings. The van der Waals surface area contributed by atoms with Crippen LogP contribution in [0.2, 0.25) is 10.0 Å². The monoisotopic (exact) mass is 433 g/mol. The number of hydrogen-bond donors (Lipinski definition) is 1. The Morgan fingerprint density at radius 3 is 2.11 bits per heavy atom. The Labute approximate surface area is 180 Å². The largest absolute Gasteiger partial charge is 0.322 e. The number of carbonyl (C=O) groups excluding carboxylic acids is 1. The van der Waals surface area contributed by atoms with E-state index < -0.39 is 0 Å². The summed E-state index contributed by atoms with van der Waals surface area (Å²) < 4.78 is 0. The molecule has 28 heavy (non-hydrogen) atoms. The molecular weight excluding hydrogens is 413 g/mol. The van der Waals surface area contributed by atoms with Gasteiger partial charge in [-0.2, -0.15) is 0 Å². The number of rotatable bonds is 3. The Kier molecular flexibility index (Phi) is 4.46. The van der Waals surface area contributed by atoms with E-state index in [-0.39, 0.29) is 16.2 Å². The van der Waals surface area contributed by atoms with E-state index in [1.165, 1.54) is 37.7 Å². The molecule has 0 heterocycles. The number of alkyl halides is 1. The number of benzene rings is 2. The van der Waals surface area contributed by atoms with Gasteiger partial charge in [-0.3, -0.25) is 4.79 Å². The molecule has 0 unspecified atom stereocenters. The minimum absolute atomic E-state index is 0.00279. The summed E-state index contributed by atoms with van der Waals surface area (Å²) in [5.41, 5.74) is 2.81. The highest BCUT2D eigenvalue weighted by Crippen LogP contribution is 2.64. The zero-order chi connectivity index (χ0) is 19.5. The van der Waals surface area contributed by atoms with Gasteiger partial charge >= 0.3 is 0 Å². The first-order chi connectivity index (χ1) is 13.3. The summed E-state index contributed by atoms with van der Waals surface area (Å²) in [7, 11) is 0. The topological polar surface area (TPSA) is 29.1 Å². The highest BCUT2D eigenvalue weighted by Gasteiger charge is 2.57. The minimum atomic E-state index is -0.216. The Hall–Kier alpha value is -1.22. The second kappa shape index (κ2) is 6.65. The van der Waals surface area contributed by atoms with Crippen LogP contribution in [0, 0.1) is 11.8 Å². The molecule has 1 N–H and O–H groups in total. The predicted molar refractivity (Wildman–Crippen MR) is 116 cm³/mol. The van der Waals surface area contributed by atoms with Crippen molar-refractivity contribution in [3.05, 3.63) is 63.6 Å². The van der Waals surface area contributed by atoms with Gasteiger partial charge in [-0.05, 0) is 91.7 Å². The quantitative estimate of drug-likeness (QED) is 0.514. The second-order valence-electron chi connectivity index (χ2n) is 9.08. The Balaban J connectivity index is 1.36. The molecule has 4 aliphatic carbocycles. The Morgan fingerprint density at radius 1 is 0.929 bits per heavy atom. The number of carbonyl (C=O) groups is 1. The number of anilines is 1. The lowest BCUT2D eigenvalue weighted by atomic mass is 9.47. The van der Waals surface area contributed by atoms with Crippen LogP contribution in [0.3, 0.4) is 0 Å². The van der Waals surface area contributed by atoms with E-state index in [9.17, 15) is 4.79 Å². The molecule has 0 aliphatic heterocycles. The Bertz CT molecular complexity index is 905. The maximum atomic E-state index is 12.5. The van der Waals surface area contributed by atoms with Crippen molar-refractivity contribution in [3.8, 4) is 0 Å². The molecule has 0 radical (unpaired) electrons. The molecule has 2 atom stereocenters. The van der Waals surface area contributed by atoms with Crippen LogP contribution in [-0.4, -0.2) is 10.8 Å². The first-order valence-corrected chi connectivity index (χ1v) is 11.0. The van der Waals surface area contributed by atoms with Crippen molar-refractivity contribution < 1.29 is 4.79 Å². The van der Waals surface area contributed by atoms with E-state index in [0.29, 0.717) is 15.6 Å². The summed E-state index contributed by atoms with van der Waals surface area (Å²) in [5.74, 6) is 1.32. The lowest BCUT2D eigenvalue weighted by Crippen LogP contribution is -2.55. The maximum absolute atomic E-state index is 12.5. The SMILES string of the molecule is O=C(Nc1ccc(C23C[C@@H]4C[C@H](CC(Cl)(C4)C2)C3)cc1)c1cc(Cl)cc(Cl)c1. The normalized spacial score (nSPS) is 33.1. The molecule has 4 aliphatic rings. The fourth-order valence-corrected chi connectivity index (χ4v) is 7.50. The molecule has 1 amide bonds. The minimum Gasteiger partial charge on any atom is -0.322 e. The van der Waals surface area contributed by atoms with Crippen LogP contribution in [0.4, 0.5) is 5.69 Å². The molecular formula is C23H22Cl3NO. The molecule has 2 aromatic rings. The van der Waals surface area contributed by atoms with Gasteiger partial charge in [-0.1, -0.05) is 35.3 Å². The third-order valence-electron chi connectivity index (χ3n) is 6.87.